The molecule has 0 spiro atoms. The van der Waals surface area contributed by atoms with Crippen LogP contribution in [0.25, 0.3) is 11.0 Å². The number of halogens is 1. The molecule has 35 heavy (non-hydrogen) atoms. The molecule has 1 aliphatic heterocycles. The van der Waals surface area contributed by atoms with Crippen LogP contribution in [0.3, 0.4) is 0 Å². The van der Waals surface area contributed by atoms with Crippen molar-refractivity contribution in [3.63, 3.8) is 0 Å². The lowest BCUT2D eigenvalue weighted by atomic mass is 9.95. The number of H-pyrrole nitrogens is 1. The predicted molar refractivity (Wildman–Crippen MR) is 135 cm³/mol. The summed E-state index contributed by atoms with van der Waals surface area (Å²) in [5.74, 6) is -0.0428. The van der Waals surface area contributed by atoms with Crippen molar-refractivity contribution in [3.8, 4) is 11.5 Å². The van der Waals surface area contributed by atoms with Gasteiger partial charge in [0.15, 0.2) is 5.78 Å². The maximum Gasteiger partial charge on any atom is 0.254 e. The van der Waals surface area contributed by atoms with Gasteiger partial charge in [0.25, 0.3) is 5.91 Å². The number of likely N-dealkylation sites (N-methyl/N-ethyl adjacent to an activating group) is 1. The van der Waals surface area contributed by atoms with E-state index in [0.717, 1.165) is 0 Å². The number of pyridine rings is 1. The number of nitrogens with zero attached hydrogens (tertiary/aromatic N) is 2. The molecule has 3 heterocycles. The Bertz CT molecular complexity index is 1560. The lowest BCUT2D eigenvalue weighted by Gasteiger charge is -2.40. The van der Waals surface area contributed by atoms with Crippen molar-refractivity contribution >= 4 is 45.7 Å². The molecule has 1 atom stereocenters. The number of hydrogen-bond acceptors (Lipinski definition) is 6. The third-order valence-corrected chi connectivity index (χ3v) is 6.15. The molecule has 0 bridgehead atoms. The van der Waals surface area contributed by atoms with E-state index in [0.29, 0.717) is 27.4 Å². The monoisotopic (exact) mass is 493 g/mol. The highest BCUT2D eigenvalue weighted by molar-refractivity contribution is 6.36. The number of amides is 1. The minimum atomic E-state index is -2.79. The standard InChI is InChI=1S/C26H23ClN4O4/c1-26(14-34-3)25(33)31(2)20-13-29-24-21(22(20)30-26)18(12-28-24)23(32)17-10-9-16(11-19(17)27)35-15-7-5-4-6-8-15/h4-13,30H,14H2,1-3H3,(H,28,29)/i2D3. The van der Waals surface area contributed by atoms with E-state index < -0.39 is 24.2 Å². The first-order chi connectivity index (χ1) is 18.0. The molecule has 1 amide bonds. The number of methoxy groups -OCH3 is 1. The van der Waals surface area contributed by atoms with Crippen molar-refractivity contribution in [1.82, 2.24) is 9.97 Å². The number of carbonyl (C=O) groups excluding carboxylic acids is 2. The number of aromatic amines is 1. The smallest absolute Gasteiger partial charge is 0.254 e. The van der Waals surface area contributed by atoms with E-state index in [2.05, 4.69) is 15.3 Å². The molecular weight excluding hydrogens is 468 g/mol. The van der Waals surface area contributed by atoms with Gasteiger partial charge in [0, 0.05) is 36.0 Å². The fraction of sp³-hybridized carbons (Fsp3) is 0.192. The zero-order chi connectivity index (χ0) is 27.2. The normalized spacial score (nSPS) is 18.9. The van der Waals surface area contributed by atoms with Crippen LogP contribution in [0.2, 0.25) is 5.02 Å². The summed E-state index contributed by atoms with van der Waals surface area (Å²) in [7, 11) is 1.41. The Labute approximate surface area is 211 Å². The van der Waals surface area contributed by atoms with Crippen LogP contribution in [0.1, 0.15) is 27.0 Å². The zero-order valence-corrected chi connectivity index (χ0v) is 19.6. The second kappa shape index (κ2) is 8.72. The van der Waals surface area contributed by atoms with Crippen LogP contribution < -0.4 is 15.0 Å². The molecule has 2 N–H and O–H groups in total. The SMILES string of the molecule is [2H]C([2H])([2H])N1C(=O)C(C)(COC)Nc2c1cnc1[nH]cc(C(=O)c3ccc(Oc4ccccc4)cc3Cl)c21. The maximum atomic E-state index is 13.7. The van der Waals surface area contributed by atoms with Gasteiger partial charge < -0.3 is 24.7 Å². The van der Waals surface area contributed by atoms with E-state index in [1.54, 1.807) is 37.3 Å². The number of ether oxygens (including phenoxy) is 2. The van der Waals surface area contributed by atoms with Gasteiger partial charge in [0.2, 0.25) is 0 Å². The topological polar surface area (TPSA) is 96.5 Å². The number of para-hydroxylation sites is 1. The average Bonchev–Trinajstić information content (AvgIpc) is 3.29. The van der Waals surface area contributed by atoms with Gasteiger partial charge in [-0.1, -0.05) is 29.8 Å². The Morgan fingerprint density at radius 2 is 2.00 bits per heavy atom. The van der Waals surface area contributed by atoms with E-state index >= 15 is 0 Å². The van der Waals surface area contributed by atoms with Crippen LogP contribution in [-0.4, -0.2) is 47.9 Å². The average molecular weight is 494 g/mol. The number of aromatic nitrogens is 2. The molecule has 4 aromatic rings. The molecule has 0 aliphatic carbocycles. The molecule has 8 nitrogen and oxygen atoms in total. The number of hydrogen-bond donors (Lipinski definition) is 2. The summed E-state index contributed by atoms with van der Waals surface area (Å²) < 4.78 is 35.1. The third-order valence-electron chi connectivity index (χ3n) is 5.84. The fourth-order valence-corrected chi connectivity index (χ4v) is 4.40. The van der Waals surface area contributed by atoms with Gasteiger partial charge in [0.1, 0.15) is 22.7 Å². The van der Waals surface area contributed by atoms with E-state index in [1.165, 1.54) is 19.5 Å². The van der Waals surface area contributed by atoms with Crippen molar-refractivity contribution < 1.29 is 23.2 Å². The highest BCUT2D eigenvalue weighted by atomic mass is 35.5. The van der Waals surface area contributed by atoms with Crippen LogP contribution >= 0.6 is 11.6 Å². The summed E-state index contributed by atoms with van der Waals surface area (Å²) in [6, 6.07) is 13.9. The van der Waals surface area contributed by atoms with Gasteiger partial charge in [0.05, 0.1) is 40.2 Å². The van der Waals surface area contributed by atoms with Crippen LogP contribution in [0.15, 0.2) is 60.9 Å². The van der Waals surface area contributed by atoms with Gasteiger partial charge in [-0.2, -0.15) is 0 Å². The van der Waals surface area contributed by atoms with E-state index in [1.807, 2.05) is 18.2 Å². The van der Waals surface area contributed by atoms with Crippen molar-refractivity contribution in [2.45, 2.75) is 12.5 Å². The summed E-state index contributed by atoms with van der Waals surface area (Å²) in [6.45, 7) is -1.36. The van der Waals surface area contributed by atoms with Gasteiger partial charge >= 0.3 is 0 Å². The first kappa shape index (κ1) is 19.4. The number of carbonyl (C=O) groups is 2. The molecule has 1 aliphatic rings. The van der Waals surface area contributed by atoms with Gasteiger partial charge in [-0.15, -0.1) is 0 Å². The van der Waals surface area contributed by atoms with Crippen molar-refractivity contribution in [2.24, 2.45) is 0 Å². The first-order valence-corrected chi connectivity index (χ1v) is 11.1. The van der Waals surface area contributed by atoms with Crippen LogP contribution in [0.4, 0.5) is 11.4 Å². The number of fused-ring (bicyclic) bond motifs is 3. The Morgan fingerprint density at radius 3 is 2.71 bits per heavy atom. The van der Waals surface area contributed by atoms with E-state index in [4.69, 9.17) is 25.2 Å². The summed E-state index contributed by atoms with van der Waals surface area (Å²) in [5, 5.41) is 3.63. The second-order valence-electron chi connectivity index (χ2n) is 8.36. The third kappa shape index (κ3) is 3.90. The minimum absolute atomic E-state index is 0.0300. The summed E-state index contributed by atoms with van der Waals surface area (Å²) in [6.07, 6.45) is 2.77. The highest BCUT2D eigenvalue weighted by Crippen LogP contribution is 2.41. The van der Waals surface area contributed by atoms with E-state index in [-0.39, 0.29) is 34.1 Å². The van der Waals surface area contributed by atoms with Gasteiger partial charge in [-0.25, -0.2) is 4.98 Å². The zero-order valence-electron chi connectivity index (χ0n) is 21.9. The Kier molecular flexibility index (Phi) is 4.84. The molecule has 1 unspecified atom stereocenters. The number of nitrogens with one attached hydrogen (secondary N) is 2. The fourth-order valence-electron chi connectivity index (χ4n) is 4.15. The Hall–Kier alpha value is -3.88. The molecule has 0 radical (unpaired) electrons. The molecule has 2 aromatic heterocycles. The molecule has 0 saturated heterocycles. The Morgan fingerprint density at radius 1 is 1.20 bits per heavy atom. The highest BCUT2D eigenvalue weighted by Gasteiger charge is 2.42. The number of rotatable bonds is 6. The lowest BCUT2D eigenvalue weighted by molar-refractivity contribution is -0.124. The molecule has 0 fully saturated rings. The molecule has 9 heteroatoms. The van der Waals surface area contributed by atoms with Crippen molar-refractivity contribution in [2.75, 3.05) is 30.9 Å². The predicted octanol–water partition coefficient (Wildman–Crippen LogP) is 5.03. The maximum absolute atomic E-state index is 13.7. The Balaban J connectivity index is 1.60. The summed E-state index contributed by atoms with van der Waals surface area (Å²) >= 11 is 6.50. The number of ketones is 1. The largest absolute Gasteiger partial charge is 0.457 e. The van der Waals surface area contributed by atoms with Crippen molar-refractivity contribution in [3.05, 3.63) is 77.1 Å². The molecule has 5 rings (SSSR count). The van der Waals surface area contributed by atoms with Crippen molar-refractivity contribution in [1.29, 1.82) is 0 Å². The van der Waals surface area contributed by atoms with Gasteiger partial charge in [-0.3, -0.25) is 9.59 Å². The van der Waals surface area contributed by atoms with Crippen LogP contribution in [0, 0.1) is 0 Å². The second-order valence-corrected chi connectivity index (χ2v) is 8.77. The molecule has 2 aromatic carbocycles. The number of benzene rings is 2. The minimum Gasteiger partial charge on any atom is -0.457 e. The molecular formula is C26H23ClN4O4. The molecule has 178 valence electrons. The summed E-state index contributed by atoms with van der Waals surface area (Å²) in [4.78, 5) is 34.9. The quantitative estimate of drug-likeness (QED) is 0.365. The first-order valence-electron chi connectivity index (χ1n) is 12.2. The lowest BCUT2D eigenvalue weighted by Crippen LogP contribution is -2.57. The van der Waals surface area contributed by atoms with Crippen LogP contribution in [0.5, 0.6) is 11.5 Å². The van der Waals surface area contributed by atoms with E-state index in [9.17, 15) is 9.59 Å². The number of anilines is 2. The van der Waals surface area contributed by atoms with Crippen LogP contribution in [-0.2, 0) is 9.53 Å². The summed E-state index contributed by atoms with van der Waals surface area (Å²) in [5.41, 5.74) is -0.354. The molecule has 0 saturated carbocycles. The van der Waals surface area contributed by atoms with Gasteiger partial charge in [-0.05, 0) is 31.2 Å².